The number of ether oxygens (including phenoxy) is 1. The summed E-state index contributed by atoms with van der Waals surface area (Å²) in [6.45, 7) is 6.96. The van der Waals surface area contributed by atoms with Gasteiger partial charge in [0.25, 0.3) is 0 Å². The zero-order chi connectivity index (χ0) is 13.9. The van der Waals surface area contributed by atoms with Gasteiger partial charge in [-0.2, -0.15) is 0 Å². The van der Waals surface area contributed by atoms with Gasteiger partial charge in [0.15, 0.2) is 0 Å². The van der Waals surface area contributed by atoms with Crippen LogP contribution in [-0.2, 0) is 0 Å². The maximum atomic E-state index is 9.63. The van der Waals surface area contributed by atoms with Gasteiger partial charge in [-0.05, 0) is 43.5 Å². The Bertz CT molecular complexity index is 419. The van der Waals surface area contributed by atoms with Crippen molar-refractivity contribution in [3.8, 4) is 5.75 Å². The SMILES string of the molecule is COc1c(C)cc(N(C)CC(O)CN)c(C)c1C. The van der Waals surface area contributed by atoms with E-state index < -0.39 is 6.10 Å². The summed E-state index contributed by atoms with van der Waals surface area (Å²) in [5, 5.41) is 9.63. The lowest BCUT2D eigenvalue weighted by Gasteiger charge is -2.26. The van der Waals surface area contributed by atoms with Crippen molar-refractivity contribution < 1.29 is 9.84 Å². The number of methoxy groups -OCH3 is 1. The summed E-state index contributed by atoms with van der Waals surface area (Å²) < 4.78 is 5.41. The van der Waals surface area contributed by atoms with Crippen molar-refractivity contribution in [2.24, 2.45) is 5.73 Å². The van der Waals surface area contributed by atoms with Gasteiger partial charge in [-0.25, -0.2) is 0 Å². The number of anilines is 1. The van der Waals surface area contributed by atoms with Crippen LogP contribution in [0.15, 0.2) is 6.07 Å². The first-order valence-corrected chi connectivity index (χ1v) is 6.16. The Labute approximate surface area is 109 Å². The zero-order valence-corrected chi connectivity index (χ0v) is 11.9. The van der Waals surface area contributed by atoms with E-state index in [0.29, 0.717) is 6.54 Å². The number of nitrogens with two attached hydrogens (primary N) is 1. The Morgan fingerprint density at radius 1 is 1.33 bits per heavy atom. The highest BCUT2D eigenvalue weighted by molar-refractivity contribution is 5.62. The number of aryl methyl sites for hydroxylation is 1. The van der Waals surface area contributed by atoms with E-state index in [1.54, 1.807) is 7.11 Å². The Morgan fingerprint density at radius 3 is 2.44 bits per heavy atom. The van der Waals surface area contributed by atoms with Crippen LogP contribution in [-0.4, -0.2) is 38.5 Å². The molecule has 1 rings (SSSR count). The van der Waals surface area contributed by atoms with E-state index in [9.17, 15) is 5.11 Å². The minimum absolute atomic E-state index is 0.275. The quantitative estimate of drug-likeness (QED) is 0.831. The standard InChI is InChI=1S/C14H24N2O2/c1-9-6-13(16(4)8-12(17)7-15)10(2)11(3)14(9)18-5/h6,12,17H,7-8,15H2,1-5H3. The van der Waals surface area contributed by atoms with Crippen LogP contribution < -0.4 is 15.4 Å². The number of aliphatic hydroxyl groups excluding tert-OH is 1. The molecule has 4 heteroatoms. The molecule has 0 saturated heterocycles. The fourth-order valence-corrected chi connectivity index (χ4v) is 2.24. The summed E-state index contributed by atoms with van der Waals surface area (Å²) in [4.78, 5) is 2.03. The Kier molecular flexibility index (Phi) is 4.99. The Balaban J connectivity index is 3.10. The maximum Gasteiger partial charge on any atom is 0.125 e. The van der Waals surface area contributed by atoms with Gasteiger partial charge in [-0.15, -0.1) is 0 Å². The number of benzene rings is 1. The van der Waals surface area contributed by atoms with E-state index in [4.69, 9.17) is 10.5 Å². The first-order valence-electron chi connectivity index (χ1n) is 6.16. The lowest BCUT2D eigenvalue weighted by Crippen LogP contribution is -2.34. The Hall–Kier alpha value is -1.26. The average Bonchev–Trinajstić information content (AvgIpc) is 2.34. The van der Waals surface area contributed by atoms with Crippen LogP contribution in [0.5, 0.6) is 5.75 Å². The summed E-state index contributed by atoms with van der Waals surface area (Å²) >= 11 is 0. The summed E-state index contributed by atoms with van der Waals surface area (Å²) in [5.41, 5.74) is 9.97. The molecule has 1 atom stereocenters. The summed E-state index contributed by atoms with van der Waals surface area (Å²) in [7, 11) is 3.66. The highest BCUT2D eigenvalue weighted by Crippen LogP contribution is 2.32. The molecular weight excluding hydrogens is 228 g/mol. The second-order valence-electron chi connectivity index (χ2n) is 4.77. The lowest BCUT2D eigenvalue weighted by atomic mass is 10.0. The predicted molar refractivity (Wildman–Crippen MR) is 75.5 cm³/mol. The van der Waals surface area contributed by atoms with Crippen LogP contribution in [0.2, 0.25) is 0 Å². The van der Waals surface area contributed by atoms with Gasteiger partial charge < -0.3 is 20.5 Å². The van der Waals surface area contributed by atoms with Gasteiger partial charge in [-0.3, -0.25) is 0 Å². The highest BCUT2D eigenvalue weighted by atomic mass is 16.5. The molecule has 102 valence electrons. The van der Waals surface area contributed by atoms with Crippen LogP contribution >= 0.6 is 0 Å². The van der Waals surface area contributed by atoms with Crippen molar-refractivity contribution in [3.05, 3.63) is 22.8 Å². The van der Waals surface area contributed by atoms with Crippen LogP contribution in [0.1, 0.15) is 16.7 Å². The average molecular weight is 252 g/mol. The summed E-state index contributed by atoms with van der Waals surface area (Å²) in [5.74, 6) is 0.934. The molecule has 0 spiro atoms. The fourth-order valence-electron chi connectivity index (χ4n) is 2.24. The molecule has 0 heterocycles. The molecule has 0 aliphatic carbocycles. The van der Waals surface area contributed by atoms with Gasteiger partial charge in [0.2, 0.25) is 0 Å². The van der Waals surface area contributed by atoms with E-state index in [1.165, 1.54) is 5.56 Å². The van der Waals surface area contributed by atoms with Crippen LogP contribution in [0.25, 0.3) is 0 Å². The van der Waals surface area contributed by atoms with Crippen LogP contribution in [0.3, 0.4) is 0 Å². The van der Waals surface area contributed by atoms with Gasteiger partial charge >= 0.3 is 0 Å². The first-order chi connectivity index (χ1) is 8.42. The van der Waals surface area contributed by atoms with Crippen molar-refractivity contribution in [1.82, 2.24) is 0 Å². The van der Waals surface area contributed by atoms with Gasteiger partial charge in [0, 0.05) is 25.8 Å². The molecular formula is C14H24N2O2. The summed E-state index contributed by atoms with van der Waals surface area (Å²) in [6.07, 6.45) is -0.503. The second-order valence-corrected chi connectivity index (χ2v) is 4.77. The monoisotopic (exact) mass is 252 g/mol. The smallest absolute Gasteiger partial charge is 0.125 e. The minimum Gasteiger partial charge on any atom is -0.496 e. The van der Waals surface area contributed by atoms with E-state index in [1.807, 2.05) is 18.9 Å². The number of aliphatic hydroxyl groups is 1. The van der Waals surface area contributed by atoms with E-state index in [2.05, 4.69) is 19.9 Å². The molecule has 0 aliphatic heterocycles. The molecule has 0 saturated carbocycles. The Morgan fingerprint density at radius 2 is 1.94 bits per heavy atom. The third kappa shape index (κ3) is 2.94. The van der Waals surface area contributed by atoms with E-state index in [0.717, 1.165) is 22.6 Å². The fraction of sp³-hybridized carbons (Fsp3) is 0.571. The van der Waals surface area contributed by atoms with Gasteiger partial charge in [0.1, 0.15) is 5.75 Å². The predicted octanol–water partition coefficient (Wildman–Crippen LogP) is 1.38. The molecule has 0 bridgehead atoms. The summed E-state index contributed by atoms with van der Waals surface area (Å²) in [6, 6.07) is 2.09. The maximum absolute atomic E-state index is 9.63. The molecule has 1 unspecified atom stereocenters. The largest absolute Gasteiger partial charge is 0.496 e. The molecule has 18 heavy (non-hydrogen) atoms. The molecule has 0 fully saturated rings. The number of rotatable bonds is 5. The van der Waals surface area contributed by atoms with Crippen LogP contribution in [0, 0.1) is 20.8 Å². The second kappa shape index (κ2) is 6.07. The molecule has 3 N–H and O–H groups in total. The highest BCUT2D eigenvalue weighted by Gasteiger charge is 2.15. The third-order valence-corrected chi connectivity index (χ3v) is 3.37. The normalized spacial score (nSPS) is 12.4. The molecule has 0 aromatic heterocycles. The molecule has 0 amide bonds. The topological polar surface area (TPSA) is 58.7 Å². The van der Waals surface area contributed by atoms with Crippen LogP contribution in [0.4, 0.5) is 5.69 Å². The number of hydrogen-bond donors (Lipinski definition) is 2. The molecule has 1 aromatic carbocycles. The van der Waals surface area contributed by atoms with E-state index >= 15 is 0 Å². The van der Waals surface area contributed by atoms with Gasteiger partial charge in [0.05, 0.1) is 13.2 Å². The van der Waals surface area contributed by atoms with Crippen molar-refractivity contribution in [2.45, 2.75) is 26.9 Å². The van der Waals surface area contributed by atoms with Crippen molar-refractivity contribution >= 4 is 5.69 Å². The molecule has 0 aliphatic rings. The molecule has 4 nitrogen and oxygen atoms in total. The van der Waals surface area contributed by atoms with Gasteiger partial charge in [-0.1, -0.05) is 0 Å². The third-order valence-electron chi connectivity index (χ3n) is 3.37. The van der Waals surface area contributed by atoms with Crippen molar-refractivity contribution in [2.75, 3.05) is 32.1 Å². The minimum atomic E-state index is -0.503. The van der Waals surface area contributed by atoms with Crippen molar-refractivity contribution in [3.63, 3.8) is 0 Å². The van der Waals surface area contributed by atoms with Crippen molar-refractivity contribution in [1.29, 1.82) is 0 Å². The number of nitrogens with zero attached hydrogens (tertiary/aromatic N) is 1. The molecule has 1 aromatic rings. The number of likely N-dealkylation sites (N-methyl/N-ethyl adjacent to an activating group) is 1. The van der Waals surface area contributed by atoms with E-state index in [-0.39, 0.29) is 6.54 Å². The lowest BCUT2D eigenvalue weighted by molar-refractivity contribution is 0.189. The molecule has 0 radical (unpaired) electrons. The zero-order valence-electron chi connectivity index (χ0n) is 11.9. The number of hydrogen-bond acceptors (Lipinski definition) is 4. The first kappa shape index (κ1) is 14.8.